The van der Waals surface area contributed by atoms with Crippen molar-refractivity contribution >= 4 is 56.2 Å². The Morgan fingerprint density at radius 2 is 2.11 bits per heavy atom. The summed E-state index contributed by atoms with van der Waals surface area (Å²) in [6.45, 7) is 1.56. The molecule has 1 fully saturated rings. The van der Waals surface area contributed by atoms with Crippen molar-refractivity contribution in [1.29, 1.82) is 0 Å². The van der Waals surface area contributed by atoms with Crippen LogP contribution in [0.3, 0.4) is 0 Å². The predicted octanol–water partition coefficient (Wildman–Crippen LogP) is 2.40. The lowest BCUT2D eigenvalue weighted by Gasteiger charge is -2.15. The first-order valence-electron chi connectivity index (χ1n) is 8.00. The van der Waals surface area contributed by atoms with E-state index in [0.29, 0.717) is 5.39 Å². The van der Waals surface area contributed by atoms with Crippen molar-refractivity contribution < 1.29 is 28.3 Å². The predicted molar refractivity (Wildman–Crippen MR) is 99.2 cm³/mol. The Morgan fingerprint density at radius 3 is 2.81 bits per heavy atom. The minimum Gasteiger partial charge on any atom is -0.448 e. The van der Waals surface area contributed by atoms with Crippen molar-refractivity contribution in [3.8, 4) is 0 Å². The van der Waals surface area contributed by atoms with Gasteiger partial charge < -0.3 is 10.1 Å². The Hall–Kier alpha value is -2.46. The molecular formula is C17H15FN2O5S2. The molecule has 7 nitrogen and oxygen atoms in total. The maximum absolute atomic E-state index is 13.2. The monoisotopic (exact) mass is 410 g/mol. The number of fused-ring (bicyclic) bond motifs is 1. The molecule has 2 heterocycles. The molecule has 1 aromatic heterocycles. The van der Waals surface area contributed by atoms with Crippen molar-refractivity contribution in [2.24, 2.45) is 0 Å². The Bertz CT molecular complexity index is 913. The van der Waals surface area contributed by atoms with Crippen LogP contribution >= 0.6 is 23.1 Å². The molecule has 1 aliphatic heterocycles. The van der Waals surface area contributed by atoms with Crippen molar-refractivity contribution in [3.63, 3.8) is 0 Å². The number of nitrogens with one attached hydrogen (secondary N) is 1. The Kier molecular flexibility index (Phi) is 5.76. The molecule has 27 heavy (non-hydrogen) atoms. The normalized spacial score (nSPS) is 15.3. The number of benzene rings is 1. The minimum atomic E-state index is -1.06. The van der Waals surface area contributed by atoms with E-state index in [9.17, 15) is 23.6 Å². The SMILES string of the molecule is C[C@@H](OC(=O)c1cc2cc(F)ccc2s1)C(=O)NCCN1C(=O)CSC1=O. The quantitative estimate of drug-likeness (QED) is 0.735. The average molecular weight is 410 g/mol. The summed E-state index contributed by atoms with van der Waals surface area (Å²) >= 11 is 2.07. The van der Waals surface area contributed by atoms with E-state index < -0.39 is 23.8 Å². The van der Waals surface area contributed by atoms with Crippen LogP contribution < -0.4 is 5.32 Å². The number of amides is 3. The molecule has 2 aromatic rings. The van der Waals surface area contributed by atoms with Crippen LogP contribution in [-0.2, 0) is 14.3 Å². The Balaban J connectivity index is 1.51. The Morgan fingerprint density at radius 1 is 1.33 bits per heavy atom. The first kappa shape index (κ1) is 19.3. The zero-order valence-corrected chi connectivity index (χ0v) is 15.8. The van der Waals surface area contributed by atoms with Crippen LogP contribution in [0.4, 0.5) is 9.18 Å². The van der Waals surface area contributed by atoms with Crippen molar-refractivity contribution in [2.45, 2.75) is 13.0 Å². The average Bonchev–Trinajstić information content (AvgIpc) is 3.18. The fraction of sp³-hybridized carbons (Fsp3) is 0.294. The summed E-state index contributed by atoms with van der Waals surface area (Å²) in [6, 6.07) is 5.70. The van der Waals surface area contributed by atoms with Crippen LogP contribution in [0.15, 0.2) is 24.3 Å². The van der Waals surface area contributed by atoms with Gasteiger partial charge in [0.1, 0.15) is 10.7 Å². The van der Waals surface area contributed by atoms with Gasteiger partial charge in [-0.05, 0) is 36.6 Å². The van der Waals surface area contributed by atoms with Crippen LogP contribution in [0.1, 0.15) is 16.6 Å². The smallest absolute Gasteiger partial charge is 0.349 e. The number of carbonyl (C=O) groups excluding carboxylic acids is 4. The van der Waals surface area contributed by atoms with Gasteiger partial charge in [0.2, 0.25) is 5.91 Å². The molecule has 3 rings (SSSR count). The molecule has 0 bridgehead atoms. The van der Waals surface area contributed by atoms with E-state index in [1.54, 1.807) is 6.07 Å². The third-order valence-corrected chi connectivity index (χ3v) is 5.76. The molecule has 142 valence electrons. The number of rotatable bonds is 6. The largest absolute Gasteiger partial charge is 0.448 e. The summed E-state index contributed by atoms with van der Waals surface area (Å²) in [4.78, 5) is 48.5. The highest BCUT2D eigenvalue weighted by Crippen LogP contribution is 2.27. The molecule has 0 aliphatic carbocycles. The van der Waals surface area contributed by atoms with Crippen LogP contribution in [-0.4, -0.2) is 52.9 Å². The second-order valence-corrected chi connectivity index (χ2v) is 7.74. The van der Waals surface area contributed by atoms with Crippen LogP contribution in [0.2, 0.25) is 0 Å². The number of nitrogens with zero attached hydrogens (tertiary/aromatic N) is 1. The molecule has 0 radical (unpaired) electrons. The summed E-state index contributed by atoms with van der Waals surface area (Å²) < 4.78 is 19.1. The lowest BCUT2D eigenvalue weighted by molar-refractivity contribution is -0.130. The molecule has 0 spiro atoms. The van der Waals surface area contributed by atoms with E-state index in [1.165, 1.54) is 25.1 Å². The third kappa shape index (κ3) is 4.45. The third-order valence-electron chi connectivity index (χ3n) is 3.81. The highest BCUT2D eigenvalue weighted by atomic mass is 32.2. The topological polar surface area (TPSA) is 92.8 Å². The number of thiophene rings is 1. The second kappa shape index (κ2) is 8.05. The van der Waals surface area contributed by atoms with E-state index in [2.05, 4.69) is 5.32 Å². The van der Waals surface area contributed by atoms with Crippen molar-refractivity contribution in [2.75, 3.05) is 18.8 Å². The molecule has 10 heteroatoms. The highest BCUT2D eigenvalue weighted by molar-refractivity contribution is 8.14. The molecule has 1 saturated heterocycles. The minimum absolute atomic E-state index is 0.0684. The maximum Gasteiger partial charge on any atom is 0.349 e. The summed E-state index contributed by atoms with van der Waals surface area (Å²) in [5.41, 5.74) is 0. The number of thioether (sulfide) groups is 1. The molecule has 3 amide bonds. The van der Waals surface area contributed by atoms with Crippen molar-refractivity contribution in [3.05, 3.63) is 35.0 Å². The molecule has 1 aliphatic rings. The van der Waals surface area contributed by atoms with E-state index in [-0.39, 0.29) is 34.9 Å². The zero-order chi connectivity index (χ0) is 19.6. The van der Waals surface area contributed by atoms with Gasteiger partial charge in [0.15, 0.2) is 6.10 Å². The number of halogens is 1. The highest BCUT2D eigenvalue weighted by Gasteiger charge is 2.29. The van der Waals surface area contributed by atoms with E-state index in [4.69, 9.17) is 4.74 Å². The van der Waals surface area contributed by atoms with Crippen LogP contribution in [0.25, 0.3) is 10.1 Å². The number of ether oxygens (including phenoxy) is 1. The van der Waals surface area contributed by atoms with E-state index in [1.807, 2.05) is 0 Å². The van der Waals surface area contributed by atoms with Gasteiger partial charge in [-0.15, -0.1) is 11.3 Å². The summed E-state index contributed by atoms with van der Waals surface area (Å²) in [7, 11) is 0. The van der Waals surface area contributed by atoms with Gasteiger partial charge in [-0.1, -0.05) is 11.8 Å². The first-order chi connectivity index (χ1) is 12.8. The standard InChI is InChI=1S/C17H15FN2O5S2/c1-9(15(22)19-4-5-20-14(21)8-26-17(20)24)25-16(23)13-7-10-6-11(18)2-3-12(10)27-13/h2-3,6-7,9H,4-5,8H2,1H3,(H,19,22)/t9-/m1/s1. The fourth-order valence-corrected chi connectivity index (χ4v) is 4.10. The van der Waals surface area contributed by atoms with Gasteiger partial charge >= 0.3 is 5.97 Å². The molecule has 1 atom stereocenters. The van der Waals surface area contributed by atoms with Gasteiger partial charge in [0.05, 0.1) is 5.75 Å². The molecule has 1 aromatic carbocycles. The van der Waals surface area contributed by atoms with E-state index >= 15 is 0 Å². The molecule has 1 N–H and O–H groups in total. The van der Waals surface area contributed by atoms with Gasteiger partial charge in [-0.25, -0.2) is 9.18 Å². The lowest BCUT2D eigenvalue weighted by atomic mass is 10.2. The second-order valence-electron chi connectivity index (χ2n) is 5.73. The number of hydrogen-bond donors (Lipinski definition) is 1. The zero-order valence-electron chi connectivity index (χ0n) is 14.2. The van der Waals surface area contributed by atoms with Crippen LogP contribution in [0, 0.1) is 5.82 Å². The van der Waals surface area contributed by atoms with Gasteiger partial charge in [-0.3, -0.25) is 19.3 Å². The van der Waals surface area contributed by atoms with Crippen molar-refractivity contribution in [1.82, 2.24) is 10.2 Å². The molecule has 0 unspecified atom stereocenters. The van der Waals surface area contributed by atoms with Gasteiger partial charge in [0, 0.05) is 17.8 Å². The van der Waals surface area contributed by atoms with E-state index in [0.717, 1.165) is 32.7 Å². The lowest BCUT2D eigenvalue weighted by Crippen LogP contribution is -2.41. The molecular weight excluding hydrogens is 395 g/mol. The van der Waals surface area contributed by atoms with Gasteiger partial charge in [0.25, 0.3) is 11.1 Å². The summed E-state index contributed by atoms with van der Waals surface area (Å²) in [5, 5.41) is 2.77. The number of carbonyl (C=O) groups is 4. The summed E-state index contributed by atoms with van der Waals surface area (Å²) in [5.74, 6) is -1.80. The maximum atomic E-state index is 13.2. The molecule has 0 saturated carbocycles. The number of esters is 1. The Labute approximate surface area is 161 Å². The van der Waals surface area contributed by atoms with Gasteiger partial charge in [-0.2, -0.15) is 0 Å². The number of imide groups is 1. The fourth-order valence-electron chi connectivity index (χ4n) is 2.42. The first-order valence-corrected chi connectivity index (χ1v) is 9.80. The van der Waals surface area contributed by atoms with Crippen LogP contribution in [0.5, 0.6) is 0 Å². The summed E-state index contributed by atoms with van der Waals surface area (Å²) in [6.07, 6.45) is -1.06. The number of hydrogen-bond acceptors (Lipinski definition) is 7.